The third kappa shape index (κ3) is 1.68. The van der Waals surface area contributed by atoms with Gasteiger partial charge in [-0.3, -0.25) is 4.98 Å². The summed E-state index contributed by atoms with van der Waals surface area (Å²) < 4.78 is 0. The van der Waals surface area contributed by atoms with Crippen LogP contribution in [0, 0.1) is 0 Å². The molecule has 0 aliphatic carbocycles. The van der Waals surface area contributed by atoms with Crippen LogP contribution in [0.25, 0.3) is 32.7 Å². The van der Waals surface area contributed by atoms with Gasteiger partial charge < -0.3 is 0 Å². The summed E-state index contributed by atoms with van der Waals surface area (Å²) in [6, 6.07) is 23.4. The number of fused-ring (bicyclic) bond motifs is 3. The molecule has 0 saturated carbocycles. The van der Waals surface area contributed by atoms with Gasteiger partial charge in [-0.25, -0.2) is 0 Å². The van der Waals surface area contributed by atoms with Crippen LogP contribution in [0.4, 0.5) is 0 Å². The van der Waals surface area contributed by atoms with Gasteiger partial charge in [0.15, 0.2) is 0 Å². The molecule has 0 atom stereocenters. The molecule has 0 fully saturated rings. The molecule has 0 aliphatic rings. The van der Waals surface area contributed by atoms with Crippen LogP contribution in [0.3, 0.4) is 0 Å². The summed E-state index contributed by atoms with van der Waals surface area (Å²) in [6.07, 6.45) is 3.80. The number of rotatable bonds is 1. The standard InChI is InChI=1S/C19H13N/c1-2-6-14(7-3-1)18-12-15-10-11-20-13-19(15)17-9-5-4-8-16(17)18/h1-13H. The van der Waals surface area contributed by atoms with Crippen LogP contribution in [0.5, 0.6) is 0 Å². The van der Waals surface area contributed by atoms with E-state index in [0.717, 1.165) is 0 Å². The van der Waals surface area contributed by atoms with E-state index in [2.05, 4.69) is 71.7 Å². The van der Waals surface area contributed by atoms with E-state index in [1.165, 1.54) is 32.7 Å². The monoisotopic (exact) mass is 255 g/mol. The van der Waals surface area contributed by atoms with Crippen molar-refractivity contribution in [2.75, 3.05) is 0 Å². The first-order valence-electron chi connectivity index (χ1n) is 6.74. The molecule has 1 nitrogen and oxygen atoms in total. The van der Waals surface area contributed by atoms with Crippen molar-refractivity contribution >= 4 is 21.5 Å². The molecule has 4 rings (SSSR count). The van der Waals surface area contributed by atoms with Crippen molar-refractivity contribution in [2.24, 2.45) is 0 Å². The van der Waals surface area contributed by atoms with Gasteiger partial charge in [0, 0.05) is 17.8 Å². The maximum Gasteiger partial charge on any atom is 0.0352 e. The summed E-state index contributed by atoms with van der Waals surface area (Å²) in [5, 5.41) is 4.98. The molecule has 0 bridgehead atoms. The molecule has 20 heavy (non-hydrogen) atoms. The summed E-state index contributed by atoms with van der Waals surface area (Å²) >= 11 is 0. The molecular formula is C19H13N. The molecular weight excluding hydrogens is 242 g/mol. The minimum Gasteiger partial charge on any atom is -0.264 e. The Morgan fingerprint density at radius 3 is 2.25 bits per heavy atom. The minimum absolute atomic E-state index is 1.21. The summed E-state index contributed by atoms with van der Waals surface area (Å²) in [4.78, 5) is 4.27. The Kier molecular flexibility index (Phi) is 2.49. The van der Waals surface area contributed by atoms with Gasteiger partial charge in [0.2, 0.25) is 0 Å². The number of nitrogens with zero attached hydrogens (tertiary/aromatic N) is 1. The molecule has 0 N–H and O–H groups in total. The van der Waals surface area contributed by atoms with Crippen LogP contribution in [0.1, 0.15) is 0 Å². The minimum atomic E-state index is 1.21. The van der Waals surface area contributed by atoms with Crippen molar-refractivity contribution in [3.8, 4) is 11.1 Å². The van der Waals surface area contributed by atoms with Gasteiger partial charge in [-0.2, -0.15) is 0 Å². The highest BCUT2D eigenvalue weighted by Gasteiger charge is 2.07. The third-order valence-electron chi connectivity index (χ3n) is 3.75. The van der Waals surface area contributed by atoms with Crippen molar-refractivity contribution in [1.29, 1.82) is 0 Å². The van der Waals surface area contributed by atoms with Gasteiger partial charge in [0.1, 0.15) is 0 Å². The van der Waals surface area contributed by atoms with Crippen molar-refractivity contribution < 1.29 is 0 Å². The highest BCUT2D eigenvalue weighted by Crippen LogP contribution is 2.34. The molecule has 0 amide bonds. The highest BCUT2D eigenvalue weighted by molar-refractivity contribution is 6.13. The second-order valence-electron chi connectivity index (χ2n) is 4.93. The van der Waals surface area contributed by atoms with E-state index in [0.29, 0.717) is 0 Å². The van der Waals surface area contributed by atoms with Gasteiger partial charge >= 0.3 is 0 Å². The molecule has 0 saturated heterocycles. The van der Waals surface area contributed by atoms with Crippen LogP contribution in [0.2, 0.25) is 0 Å². The van der Waals surface area contributed by atoms with E-state index >= 15 is 0 Å². The lowest BCUT2D eigenvalue weighted by molar-refractivity contribution is 1.37. The Bertz CT molecular complexity index is 895. The average molecular weight is 255 g/mol. The Labute approximate surface area is 117 Å². The fraction of sp³-hybridized carbons (Fsp3) is 0. The number of pyridine rings is 1. The third-order valence-corrected chi connectivity index (χ3v) is 3.75. The molecule has 1 heteroatoms. The van der Waals surface area contributed by atoms with E-state index < -0.39 is 0 Å². The topological polar surface area (TPSA) is 12.9 Å². The lowest BCUT2D eigenvalue weighted by Crippen LogP contribution is -1.84. The first-order chi connectivity index (χ1) is 9.93. The molecule has 0 spiro atoms. The van der Waals surface area contributed by atoms with Gasteiger partial charge in [0.05, 0.1) is 0 Å². The summed E-state index contributed by atoms with van der Waals surface area (Å²) in [5.74, 6) is 0. The molecule has 1 aromatic heterocycles. The maximum absolute atomic E-state index is 4.27. The van der Waals surface area contributed by atoms with Crippen molar-refractivity contribution in [3.63, 3.8) is 0 Å². The van der Waals surface area contributed by atoms with Crippen LogP contribution < -0.4 is 0 Å². The highest BCUT2D eigenvalue weighted by atomic mass is 14.6. The summed E-state index contributed by atoms with van der Waals surface area (Å²) in [7, 11) is 0. The number of benzene rings is 3. The van der Waals surface area contributed by atoms with E-state index in [1.54, 1.807) is 0 Å². The summed E-state index contributed by atoms with van der Waals surface area (Å²) in [5.41, 5.74) is 2.53. The quantitative estimate of drug-likeness (QED) is 0.433. The van der Waals surface area contributed by atoms with Gasteiger partial charge in [-0.15, -0.1) is 0 Å². The van der Waals surface area contributed by atoms with Crippen LogP contribution >= 0.6 is 0 Å². The second-order valence-corrected chi connectivity index (χ2v) is 4.93. The predicted octanol–water partition coefficient (Wildman–Crippen LogP) is 5.06. The lowest BCUT2D eigenvalue weighted by atomic mass is 9.94. The number of hydrogen-bond acceptors (Lipinski definition) is 1. The molecule has 4 aromatic rings. The Morgan fingerprint density at radius 1 is 0.650 bits per heavy atom. The first-order valence-corrected chi connectivity index (χ1v) is 6.74. The SMILES string of the molecule is c1ccc(-c2cc3ccncc3c3ccccc23)cc1. The van der Waals surface area contributed by atoms with Crippen LogP contribution in [-0.2, 0) is 0 Å². The molecule has 1 heterocycles. The molecule has 0 radical (unpaired) electrons. The Balaban J connectivity index is 2.19. The molecule has 94 valence electrons. The zero-order valence-electron chi connectivity index (χ0n) is 11.0. The Hall–Kier alpha value is -2.67. The van der Waals surface area contributed by atoms with E-state index in [1.807, 2.05) is 12.4 Å². The smallest absolute Gasteiger partial charge is 0.0352 e. The molecule has 3 aromatic carbocycles. The lowest BCUT2D eigenvalue weighted by Gasteiger charge is -2.10. The zero-order valence-corrected chi connectivity index (χ0v) is 11.0. The maximum atomic E-state index is 4.27. The van der Waals surface area contributed by atoms with Crippen molar-refractivity contribution in [3.05, 3.63) is 79.1 Å². The van der Waals surface area contributed by atoms with E-state index in [-0.39, 0.29) is 0 Å². The fourth-order valence-electron chi connectivity index (χ4n) is 2.80. The normalized spacial score (nSPS) is 11.0. The van der Waals surface area contributed by atoms with Crippen molar-refractivity contribution in [2.45, 2.75) is 0 Å². The average Bonchev–Trinajstić information content (AvgIpc) is 2.55. The molecule has 0 unspecified atom stereocenters. The second kappa shape index (κ2) is 4.46. The predicted molar refractivity (Wildman–Crippen MR) is 84.7 cm³/mol. The number of hydrogen-bond donors (Lipinski definition) is 0. The van der Waals surface area contributed by atoms with Gasteiger partial charge in [0.25, 0.3) is 0 Å². The largest absolute Gasteiger partial charge is 0.264 e. The Morgan fingerprint density at radius 2 is 1.40 bits per heavy atom. The summed E-state index contributed by atoms with van der Waals surface area (Å²) in [6.45, 7) is 0. The molecule has 0 aliphatic heterocycles. The van der Waals surface area contributed by atoms with E-state index in [9.17, 15) is 0 Å². The van der Waals surface area contributed by atoms with Crippen LogP contribution in [-0.4, -0.2) is 4.98 Å². The number of aromatic nitrogens is 1. The van der Waals surface area contributed by atoms with Crippen molar-refractivity contribution in [1.82, 2.24) is 4.98 Å². The van der Waals surface area contributed by atoms with Crippen LogP contribution in [0.15, 0.2) is 79.1 Å². The first kappa shape index (κ1) is 11.2. The van der Waals surface area contributed by atoms with Gasteiger partial charge in [-0.05, 0) is 39.4 Å². The zero-order chi connectivity index (χ0) is 13.4. The fourth-order valence-corrected chi connectivity index (χ4v) is 2.80. The van der Waals surface area contributed by atoms with Gasteiger partial charge in [-0.1, -0.05) is 54.6 Å². The van der Waals surface area contributed by atoms with E-state index in [4.69, 9.17) is 0 Å².